The van der Waals surface area contributed by atoms with E-state index in [0.29, 0.717) is 19.3 Å². The number of rotatable bonds is 7. The van der Waals surface area contributed by atoms with Crippen molar-refractivity contribution in [3.05, 3.63) is 0 Å². The minimum atomic E-state index is -2.66. The molecule has 7 heteroatoms. The third-order valence-electron chi connectivity index (χ3n) is 3.65. The number of hydrogen-bond donors (Lipinski definition) is 0. The van der Waals surface area contributed by atoms with Crippen LogP contribution in [0.2, 0.25) is 5.54 Å². The summed E-state index contributed by atoms with van der Waals surface area (Å²) in [6.07, 6.45) is 2.26. The number of carbonyl (C=O) groups excluding carboxylic acids is 2. The number of cyclic esters (lactones) is 2. The van der Waals surface area contributed by atoms with Crippen molar-refractivity contribution in [1.82, 2.24) is 0 Å². The first-order valence-electron chi connectivity index (χ1n) is 6.39. The van der Waals surface area contributed by atoms with Crippen LogP contribution in [0.3, 0.4) is 0 Å². The standard InChI is InChI=1S/C12H22O6Si/c1-9(19(15-2,16-3)17-4)5-6-10-7-8-11(13)18-12(10)14/h9-10H,5-8H2,1-4H3. The van der Waals surface area contributed by atoms with Gasteiger partial charge in [-0.15, -0.1) is 0 Å². The van der Waals surface area contributed by atoms with Gasteiger partial charge in [0.2, 0.25) is 0 Å². The van der Waals surface area contributed by atoms with E-state index in [-0.39, 0.29) is 11.5 Å². The van der Waals surface area contributed by atoms with Gasteiger partial charge in [-0.1, -0.05) is 6.92 Å². The molecule has 1 aliphatic rings. The van der Waals surface area contributed by atoms with E-state index >= 15 is 0 Å². The molecule has 1 heterocycles. The van der Waals surface area contributed by atoms with Gasteiger partial charge in [-0.05, 0) is 19.3 Å². The van der Waals surface area contributed by atoms with Gasteiger partial charge in [0.15, 0.2) is 0 Å². The second kappa shape index (κ2) is 7.13. The summed E-state index contributed by atoms with van der Waals surface area (Å²) in [5.41, 5.74) is 0.0814. The first-order chi connectivity index (χ1) is 8.99. The van der Waals surface area contributed by atoms with Crippen molar-refractivity contribution in [2.24, 2.45) is 5.92 Å². The molecule has 0 saturated carbocycles. The Labute approximate surface area is 114 Å². The largest absolute Gasteiger partial charge is 0.503 e. The molecule has 0 N–H and O–H groups in total. The van der Waals surface area contributed by atoms with Gasteiger partial charge in [-0.2, -0.15) is 0 Å². The topological polar surface area (TPSA) is 71.1 Å². The molecule has 0 amide bonds. The van der Waals surface area contributed by atoms with E-state index < -0.39 is 20.7 Å². The molecule has 1 saturated heterocycles. The second-order valence-corrected chi connectivity index (χ2v) is 8.14. The molecule has 2 atom stereocenters. The Balaban J connectivity index is 2.51. The van der Waals surface area contributed by atoms with Gasteiger partial charge < -0.3 is 18.0 Å². The lowest BCUT2D eigenvalue weighted by Crippen LogP contribution is -2.47. The second-order valence-electron chi connectivity index (χ2n) is 4.72. The zero-order valence-electron chi connectivity index (χ0n) is 11.9. The van der Waals surface area contributed by atoms with Gasteiger partial charge in [0, 0.05) is 33.3 Å². The highest BCUT2D eigenvalue weighted by molar-refractivity contribution is 6.62. The molecule has 0 aliphatic carbocycles. The molecule has 0 aromatic carbocycles. The maximum Gasteiger partial charge on any atom is 0.503 e. The molecule has 6 nitrogen and oxygen atoms in total. The third kappa shape index (κ3) is 3.85. The molecule has 19 heavy (non-hydrogen) atoms. The molecule has 0 radical (unpaired) electrons. The minimum Gasteiger partial charge on any atom is -0.393 e. The first-order valence-corrected chi connectivity index (χ1v) is 8.19. The van der Waals surface area contributed by atoms with Crippen molar-refractivity contribution in [2.45, 2.75) is 38.1 Å². The fraction of sp³-hybridized carbons (Fsp3) is 0.833. The van der Waals surface area contributed by atoms with Gasteiger partial charge >= 0.3 is 20.7 Å². The van der Waals surface area contributed by atoms with Gasteiger partial charge in [0.25, 0.3) is 0 Å². The van der Waals surface area contributed by atoms with Crippen LogP contribution in [0, 0.1) is 5.92 Å². The Hall–Kier alpha value is -0.763. The molecule has 0 aromatic rings. The molecule has 1 rings (SSSR count). The van der Waals surface area contributed by atoms with Crippen molar-refractivity contribution in [1.29, 1.82) is 0 Å². The minimum absolute atomic E-state index is 0.0814. The van der Waals surface area contributed by atoms with Crippen molar-refractivity contribution in [3.8, 4) is 0 Å². The predicted octanol–water partition coefficient (Wildman–Crippen LogP) is 1.51. The lowest BCUT2D eigenvalue weighted by atomic mass is 9.95. The zero-order valence-corrected chi connectivity index (χ0v) is 12.9. The Morgan fingerprint density at radius 3 is 2.32 bits per heavy atom. The van der Waals surface area contributed by atoms with Crippen LogP contribution in [0.4, 0.5) is 0 Å². The average Bonchev–Trinajstić information content (AvgIpc) is 2.40. The van der Waals surface area contributed by atoms with Crippen LogP contribution in [0.25, 0.3) is 0 Å². The molecule has 1 fully saturated rings. The molecule has 110 valence electrons. The van der Waals surface area contributed by atoms with Gasteiger partial charge in [0.1, 0.15) is 0 Å². The fourth-order valence-electron chi connectivity index (χ4n) is 2.40. The maximum absolute atomic E-state index is 11.6. The van der Waals surface area contributed by atoms with Crippen LogP contribution in [0.1, 0.15) is 32.6 Å². The summed E-state index contributed by atoms with van der Waals surface area (Å²) in [5, 5.41) is 0. The van der Waals surface area contributed by atoms with E-state index in [9.17, 15) is 9.59 Å². The van der Waals surface area contributed by atoms with Gasteiger partial charge in [-0.25, -0.2) is 0 Å². The van der Waals surface area contributed by atoms with E-state index in [1.807, 2.05) is 6.92 Å². The molecule has 1 aliphatic heterocycles. The number of esters is 2. The molecule has 0 bridgehead atoms. The highest BCUT2D eigenvalue weighted by Gasteiger charge is 2.44. The fourth-order valence-corrected chi connectivity index (χ4v) is 4.63. The highest BCUT2D eigenvalue weighted by Crippen LogP contribution is 2.31. The third-order valence-corrected chi connectivity index (χ3v) is 6.85. The Bertz CT molecular complexity index is 320. The summed E-state index contributed by atoms with van der Waals surface area (Å²) in [4.78, 5) is 22.5. The monoisotopic (exact) mass is 290 g/mol. The highest BCUT2D eigenvalue weighted by atomic mass is 28.4. The zero-order chi connectivity index (χ0) is 14.5. The summed E-state index contributed by atoms with van der Waals surface area (Å²) in [7, 11) is 2.06. The Morgan fingerprint density at radius 1 is 1.26 bits per heavy atom. The molecule has 0 spiro atoms. The lowest BCUT2D eigenvalue weighted by Gasteiger charge is -2.31. The molecule has 2 unspecified atom stereocenters. The predicted molar refractivity (Wildman–Crippen MR) is 69.3 cm³/mol. The summed E-state index contributed by atoms with van der Waals surface area (Å²) in [5.74, 6) is -1.05. The smallest absolute Gasteiger partial charge is 0.393 e. The first kappa shape index (κ1) is 16.3. The number of hydrogen-bond acceptors (Lipinski definition) is 6. The van der Waals surface area contributed by atoms with Gasteiger partial charge in [-0.3, -0.25) is 9.59 Å². The molecule has 0 aromatic heterocycles. The van der Waals surface area contributed by atoms with E-state index in [1.165, 1.54) is 0 Å². The van der Waals surface area contributed by atoms with E-state index in [2.05, 4.69) is 4.74 Å². The van der Waals surface area contributed by atoms with Crippen molar-refractivity contribution in [2.75, 3.05) is 21.3 Å². The summed E-state index contributed by atoms with van der Waals surface area (Å²) in [6.45, 7) is 1.99. The normalized spacial score (nSPS) is 22.2. The van der Waals surface area contributed by atoms with Crippen molar-refractivity contribution in [3.63, 3.8) is 0 Å². The molecular weight excluding hydrogens is 268 g/mol. The quantitative estimate of drug-likeness (QED) is 0.402. The number of carbonyl (C=O) groups is 2. The van der Waals surface area contributed by atoms with E-state index in [1.54, 1.807) is 21.3 Å². The van der Waals surface area contributed by atoms with Crippen LogP contribution in [-0.4, -0.2) is 42.1 Å². The van der Waals surface area contributed by atoms with Crippen molar-refractivity contribution < 1.29 is 27.6 Å². The van der Waals surface area contributed by atoms with Crippen molar-refractivity contribution >= 4 is 20.7 Å². The maximum atomic E-state index is 11.6. The van der Waals surface area contributed by atoms with Crippen LogP contribution in [-0.2, 0) is 27.6 Å². The van der Waals surface area contributed by atoms with Gasteiger partial charge in [0.05, 0.1) is 5.92 Å². The Morgan fingerprint density at radius 2 is 1.84 bits per heavy atom. The molecular formula is C12H22O6Si. The van der Waals surface area contributed by atoms with Crippen LogP contribution in [0.5, 0.6) is 0 Å². The summed E-state index contributed by atoms with van der Waals surface area (Å²) >= 11 is 0. The van der Waals surface area contributed by atoms with Crippen LogP contribution < -0.4 is 0 Å². The number of ether oxygens (including phenoxy) is 1. The van der Waals surface area contributed by atoms with E-state index in [0.717, 1.165) is 6.42 Å². The SMILES string of the molecule is CO[Si](OC)(OC)C(C)CCC1CCC(=O)OC1=O. The average molecular weight is 290 g/mol. The van der Waals surface area contributed by atoms with Crippen LogP contribution >= 0.6 is 0 Å². The summed E-state index contributed by atoms with van der Waals surface area (Å²) < 4.78 is 20.9. The summed E-state index contributed by atoms with van der Waals surface area (Å²) in [6, 6.07) is 0. The lowest BCUT2D eigenvalue weighted by molar-refractivity contribution is -0.167. The van der Waals surface area contributed by atoms with E-state index in [4.69, 9.17) is 13.3 Å². The van der Waals surface area contributed by atoms with Crippen LogP contribution in [0.15, 0.2) is 0 Å². The Kier molecular flexibility index (Phi) is 6.12.